The number of carboxylic acid groups (broad SMARTS) is 1. The Bertz CT molecular complexity index is 1310. The van der Waals surface area contributed by atoms with Crippen LogP contribution in [-0.4, -0.2) is 36.4 Å². The summed E-state index contributed by atoms with van der Waals surface area (Å²) in [5.74, 6) is -1.26. The van der Waals surface area contributed by atoms with Gasteiger partial charge in [-0.25, -0.2) is 4.79 Å². The summed E-state index contributed by atoms with van der Waals surface area (Å²) >= 11 is 6.77. The maximum absolute atomic E-state index is 13.6. The Hall–Kier alpha value is -3.58. The first-order valence-corrected chi connectivity index (χ1v) is 12.8. The van der Waals surface area contributed by atoms with Gasteiger partial charge in [0.05, 0.1) is 7.11 Å². The van der Waals surface area contributed by atoms with E-state index in [1.807, 2.05) is 31.2 Å². The Morgan fingerprint density at radius 3 is 2.11 bits per heavy atom. The van der Waals surface area contributed by atoms with E-state index in [-0.39, 0.29) is 28.1 Å². The van der Waals surface area contributed by atoms with Crippen LogP contribution in [0.2, 0.25) is 5.02 Å². The standard InChI is InChI=1S/C29H28ClNO6/c1-16-9-11-17(12-10-16)31-20-5-3-7-22(32)28(20)27(29-21(31)6-4-8-23(29)33)18-13-24(36-2)25(14-19(18)30)37-15-26(34)35/h9-14,27H,3-8,15H2,1-2H3,(H,34,35). The number of aryl methyl sites for hydroxylation is 1. The second-order valence-corrected chi connectivity index (χ2v) is 9.99. The Kier molecular flexibility index (Phi) is 6.82. The van der Waals surface area contributed by atoms with Crippen LogP contribution in [0.4, 0.5) is 5.69 Å². The zero-order valence-corrected chi connectivity index (χ0v) is 21.6. The molecule has 2 aliphatic carbocycles. The Labute approximate surface area is 220 Å². The summed E-state index contributed by atoms with van der Waals surface area (Å²) in [6.07, 6.45) is 3.71. The molecule has 0 atom stereocenters. The number of aliphatic carboxylic acids is 1. The molecule has 1 N–H and O–H groups in total. The maximum Gasteiger partial charge on any atom is 0.341 e. The molecule has 5 rings (SSSR count). The molecule has 0 bridgehead atoms. The van der Waals surface area contributed by atoms with Crippen molar-refractivity contribution in [1.82, 2.24) is 0 Å². The van der Waals surface area contributed by atoms with E-state index in [4.69, 9.17) is 26.2 Å². The van der Waals surface area contributed by atoms with E-state index >= 15 is 0 Å². The fraction of sp³-hybridized carbons (Fsp3) is 0.345. The van der Waals surface area contributed by atoms with Gasteiger partial charge in [-0.05, 0) is 56.4 Å². The zero-order chi connectivity index (χ0) is 26.3. The zero-order valence-electron chi connectivity index (χ0n) is 20.8. The summed E-state index contributed by atoms with van der Waals surface area (Å²) in [6, 6.07) is 11.3. The number of rotatable bonds is 6. The lowest BCUT2D eigenvalue weighted by Crippen LogP contribution is -2.39. The number of carboxylic acids is 1. The van der Waals surface area contributed by atoms with Crippen LogP contribution in [0.3, 0.4) is 0 Å². The highest BCUT2D eigenvalue weighted by Crippen LogP contribution is 2.52. The number of nitrogens with zero attached hydrogens (tertiary/aromatic N) is 1. The van der Waals surface area contributed by atoms with E-state index in [2.05, 4.69) is 4.90 Å². The van der Waals surface area contributed by atoms with Gasteiger partial charge in [-0.3, -0.25) is 9.59 Å². The number of allylic oxidation sites excluding steroid dienone is 4. The molecule has 0 unspecified atom stereocenters. The van der Waals surface area contributed by atoms with Crippen molar-refractivity contribution in [1.29, 1.82) is 0 Å². The summed E-state index contributed by atoms with van der Waals surface area (Å²) in [5.41, 5.74) is 5.68. The lowest BCUT2D eigenvalue weighted by Gasteiger charge is -2.44. The monoisotopic (exact) mass is 521 g/mol. The normalized spacial score (nSPS) is 18.1. The van der Waals surface area contributed by atoms with Crippen LogP contribution in [0, 0.1) is 6.92 Å². The van der Waals surface area contributed by atoms with Crippen LogP contribution in [0.15, 0.2) is 58.9 Å². The maximum atomic E-state index is 13.6. The molecular formula is C29H28ClNO6. The molecule has 7 nitrogen and oxygen atoms in total. The number of anilines is 1. The molecule has 2 aromatic rings. The minimum Gasteiger partial charge on any atom is -0.493 e. The van der Waals surface area contributed by atoms with Crippen LogP contribution in [0.1, 0.15) is 55.6 Å². The van der Waals surface area contributed by atoms with Gasteiger partial charge in [0.1, 0.15) is 0 Å². The van der Waals surface area contributed by atoms with Crippen molar-refractivity contribution in [3.63, 3.8) is 0 Å². The summed E-state index contributed by atoms with van der Waals surface area (Å²) in [4.78, 5) is 40.3. The van der Waals surface area contributed by atoms with Gasteiger partial charge in [0.25, 0.3) is 0 Å². The first-order valence-electron chi connectivity index (χ1n) is 12.4. The average molecular weight is 522 g/mol. The molecule has 0 spiro atoms. The van der Waals surface area contributed by atoms with E-state index in [0.717, 1.165) is 35.5 Å². The summed E-state index contributed by atoms with van der Waals surface area (Å²) < 4.78 is 10.9. The van der Waals surface area contributed by atoms with Crippen molar-refractivity contribution in [3.05, 3.63) is 75.1 Å². The van der Waals surface area contributed by atoms with E-state index in [9.17, 15) is 14.4 Å². The lowest BCUT2D eigenvalue weighted by molar-refractivity contribution is -0.139. The van der Waals surface area contributed by atoms with Crippen LogP contribution < -0.4 is 14.4 Å². The third-order valence-corrected chi connectivity index (χ3v) is 7.54. The number of hydrogen-bond acceptors (Lipinski definition) is 6. The molecule has 1 aliphatic heterocycles. The van der Waals surface area contributed by atoms with Gasteiger partial charge in [-0.15, -0.1) is 0 Å². The molecule has 1 heterocycles. The summed E-state index contributed by atoms with van der Waals surface area (Å²) in [5, 5.41) is 9.31. The fourth-order valence-electron chi connectivity index (χ4n) is 5.62. The number of benzene rings is 2. The fourth-order valence-corrected chi connectivity index (χ4v) is 5.88. The van der Waals surface area contributed by atoms with Gasteiger partial charge in [0, 0.05) is 58.1 Å². The molecule has 3 aliphatic rings. The number of carbonyl (C=O) groups is 3. The average Bonchev–Trinajstić information content (AvgIpc) is 2.87. The lowest BCUT2D eigenvalue weighted by atomic mass is 9.70. The number of ketones is 2. The van der Waals surface area contributed by atoms with Crippen LogP contribution in [0.5, 0.6) is 11.5 Å². The van der Waals surface area contributed by atoms with Gasteiger partial charge >= 0.3 is 5.97 Å². The number of hydrogen-bond donors (Lipinski definition) is 1. The smallest absolute Gasteiger partial charge is 0.341 e. The largest absolute Gasteiger partial charge is 0.493 e. The van der Waals surface area contributed by atoms with Crippen LogP contribution >= 0.6 is 11.6 Å². The molecule has 0 aromatic heterocycles. The molecule has 2 aromatic carbocycles. The molecule has 192 valence electrons. The molecule has 0 radical (unpaired) electrons. The van der Waals surface area contributed by atoms with Crippen LogP contribution in [0.25, 0.3) is 0 Å². The molecular weight excluding hydrogens is 494 g/mol. The Morgan fingerprint density at radius 1 is 0.973 bits per heavy atom. The predicted octanol–water partition coefficient (Wildman–Crippen LogP) is 5.74. The van der Waals surface area contributed by atoms with Crippen molar-refractivity contribution in [2.45, 2.75) is 51.4 Å². The van der Waals surface area contributed by atoms with E-state index in [1.165, 1.54) is 13.2 Å². The number of Topliss-reactive ketones (excluding diaryl/α,β-unsaturated/α-hetero) is 2. The van der Waals surface area contributed by atoms with Gasteiger partial charge in [0.15, 0.2) is 29.7 Å². The molecule has 37 heavy (non-hydrogen) atoms. The number of carbonyl (C=O) groups excluding carboxylic acids is 2. The number of methoxy groups -OCH3 is 1. The van der Waals surface area contributed by atoms with Crippen molar-refractivity contribution in [2.24, 2.45) is 0 Å². The first kappa shape index (κ1) is 25.1. The highest BCUT2D eigenvalue weighted by molar-refractivity contribution is 6.32. The van der Waals surface area contributed by atoms with E-state index in [0.29, 0.717) is 42.4 Å². The molecule has 0 amide bonds. The minimum absolute atomic E-state index is 0.00882. The predicted molar refractivity (Wildman–Crippen MR) is 139 cm³/mol. The van der Waals surface area contributed by atoms with E-state index in [1.54, 1.807) is 6.07 Å². The first-order chi connectivity index (χ1) is 17.8. The topological polar surface area (TPSA) is 93.1 Å². The van der Waals surface area contributed by atoms with Gasteiger partial charge < -0.3 is 19.5 Å². The summed E-state index contributed by atoms with van der Waals surface area (Å²) in [6.45, 7) is 1.47. The Balaban J connectivity index is 1.73. The van der Waals surface area contributed by atoms with Gasteiger partial charge in [0.2, 0.25) is 0 Å². The van der Waals surface area contributed by atoms with Gasteiger partial charge in [-0.2, -0.15) is 0 Å². The Morgan fingerprint density at radius 2 is 1.57 bits per heavy atom. The SMILES string of the molecule is COc1cc(C2C3=C(CCCC3=O)N(c3ccc(C)cc3)C3=C2C(=O)CCC3)c(Cl)cc1OCC(=O)O. The van der Waals surface area contributed by atoms with Crippen LogP contribution in [-0.2, 0) is 14.4 Å². The third-order valence-electron chi connectivity index (χ3n) is 7.21. The molecule has 0 saturated heterocycles. The van der Waals surface area contributed by atoms with E-state index < -0.39 is 18.5 Å². The molecule has 0 saturated carbocycles. The van der Waals surface area contributed by atoms with Crippen molar-refractivity contribution < 1.29 is 29.0 Å². The number of halogens is 1. The second-order valence-electron chi connectivity index (χ2n) is 9.59. The molecule has 8 heteroatoms. The van der Waals surface area contributed by atoms with Gasteiger partial charge in [-0.1, -0.05) is 29.3 Å². The number of ether oxygens (including phenoxy) is 2. The highest BCUT2D eigenvalue weighted by atomic mass is 35.5. The molecule has 0 fully saturated rings. The van der Waals surface area contributed by atoms with Crippen molar-refractivity contribution in [2.75, 3.05) is 18.6 Å². The van der Waals surface area contributed by atoms with Crippen molar-refractivity contribution in [3.8, 4) is 11.5 Å². The van der Waals surface area contributed by atoms with Crippen molar-refractivity contribution >= 4 is 34.8 Å². The minimum atomic E-state index is -1.13. The highest BCUT2D eigenvalue weighted by Gasteiger charge is 2.44. The summed E-state index contributed by atoms with van der Waals surface area (Å²) in [7, 11) is 1.45. The quantitative estimate of drug-likeness (QED) is 0.518. The third kappa shape index (κ3) is 4.53. The second kappa shape index (κ2) is 10.1.